The van der Waals surface area contributed by atoms with Gasteiger partial charge in [-0.1, -0.05) is 0 Å². The molecule has 0 aliphatic carbocycles. The number of nitrogens with zero attached hydrogens (tertiary/aromatic N) is 4. The van der Waals surface area contributed by atoms with Gasteiger partial charge in [-0.25, -0.2) is 0 Å². The maximum absolute atomic E-state index is 11.8. The van der Waals surface area contributed by atoms with Crippen LogP contribution in [0.3, 0.4) is 0 Å². The van der Waals surface area contributed by atoms with Crippen LogP contribution in [0.4, 0.5) is 5.95 Å². The van der Waals surface area contributed by atoms with Gasteiger partial charge in [-0.3, -0.25) is 14.5 Å². The topological polar surface area (TPSA) is 76.0 Å². The molecule has 0 bridgehead atoms. The van der Waals surface area contributed by atoms with Gasteiger partial charge in [0.25, 0.3) is 5.56 Å². The van der Waals surface area contributed by atoms with E-state index in [2.05, 4.69) is 15.1 Å². The van der Waals surface area contributed by atoms with Crippen molar-refractivity contribution < 1.29 is 4.74 Å². The Morgan fingerprint density at radius 3 is 2.94 bits per heavy atom. The minimum Gasteiger partial charge on any atom is -0.378 e. The molecule has 2 aromatic rings. The van der Waals surface area contributed by atoms with Gasteiger partial charge in [-0.15, -0.1) is 0 Å². The Hall–Kier alpha value is -1.89. The van der Waals surface area contributed by atoms with Gasteiger partial charge < -0.3 is 9.64 Å². The zero-order valence-electron chi connectivity index (χ0n) is 9.51. The molecule has 3 heterocycles. The first-order valence-corrected chi connectivity index (χ1v) is 5.50. The maximum Gasteiger partial charge on any atom is 0.263 e. The summed E-state index contributed by atoms with van der Waals surface area (Å²) in [5.41, 5.74) is 0.458. The highest BCUT2D eigenvalue weighted by Gasteiger charge is 2.15. The van der Waals surface area contributed by atoms with E-state index in [9.17, 15) is 4.79 Å². The van der Waals surface area contributed by atoms with Crippen molar-refractivity contribution in [3.8, 4) is 0 Å². The van der Waals surface area contributed by atoms with Crippen molar-refractivity contribution in [1.82, 2.24) is 19.7 Å². The van der Waals surface area contributed by atoms with Gasteiger partial charge >= 0.3 is 0 Å². The summed E-state index contributed by atoms with van der Waals surface area (Å²) in [5, 5.41) is 4.55. The number of aromatic amines is 1. The molecule has 1 aliphatic heterocycles. The molecule has 0 spiro atoms. The number of nitrogens with one attached hydrogen (secondary N) is 1. The Kier molecular flexibility index (Phi) is 2.32. The molecule has 0 unspecified atom stereocenters. The third-order valence-corrected chi connectivity index (χ3v) is 2.90. The second kappa shape index (κ2) is 3.85. The molecule has 0 atom stereocenters. The summed E-state index contributed by atoms with van der Waals surface area (Å²) in [5.74, 6) is 0.592. The van der Waals surface area contributed by atoms with Crippen molar-refractivity contribution in [2.45, 2.75) is 0 Å². The zero-order chi connectivity index (χ0) is 11.8. The van der Waals surface area contributed by atoms with Crippen LogP contribution >= 0.6 is 0 Å². The molecule has 0 saturated carbocycles. The fraction of sp³-hybridized carbons (Fsp3) is 0.500. The van der Waals surface area contributed by atoms with E-state index in [0.29, 0.717) is 30.2 Å². The van der Waals surface area contributed by atoms with E-state index < -0.39 is 0 Å². The third kappa shape index (κ3) is 1.68. The second-order valence-corrected chi connectivity index (χ2v) is 3.99. The van der Waals surface area contributed by atoms with E-state index in [0.717, 1.165) is 13.1 Å². The van der Waals surface area contributed by atoms with Crippen molar-refractivity contribution in [1.29, 1.82) is 0 Å². The van der Waals surface area contributed by atoms with Crippen molar-refractivity contribution in [2.24, 2.45) is 7.05 Å². The number of morpholine rings is 1. The normalized spacial score (nSPS) is 16.6. The highest BCUT2D eigenvalue weighted by molar-refractivity contribution is 5.74. The molecule has 7 nitrogen and oxygen atoms in total. The molecule has 1 fully saturated rings. The number of rotatable bonds is 1. The van der Waals surface area contributed by atoms with Gasteiger partial charge in [0, 0.05) is 20.1 Å². The summed E-state index contributed by atoms with van der Waals surface area (Å²) >= 11 is 0. The molecule has 1 aliphatic rings. The second-order valence-electron chi connectivity index (χ2n) is 3.99. The van der Waals surface area contributed by atoms with E-state index >= 15 is 0 Å². The number of aromatic nitrogens is 4. The van der Waals surface area contributed by atoms with Gasteiger partial charge in [0.1, 0.15) is 5.39 Å². The SMILES string of the molecule is Cn1ncc2c(=O)[nH]c(N3CCOCC3)nc21. The molecule has 0 amide bonds. The molecule has 90 valence electrons. The lowest BCUT2D eigenvalue weighted by Gasteiger charge is -2.26. The molecule has 1 N–H and O–H groups in total. The summed E-state index contributed by atoms with van der Waals surface area (Å²) < 4.78 is 6.87. The predicted molar refractivity (Wildman–Crippen MR) is 62.2 cm³/mol. The first-order valence-electron chi connectivity index (χ1n) is 5.50. The Bertz CT molecular complexity index is 596. The minimum absolute atomic E-state index is 0.149. The summed E-state index contributed by atoms with van der Waals surface area (Å²) in [6.45, 7) is 2.80. The summed E-state index contributed by atoms with van der Waals surface area (Å²) in [4.78, 5) is 21.1. The number of H-pyrrole nitrogens is 1. The molecular weight excluding hydrogens is 222 g/mol. The van der Waals surface area contributed by atoms with Crippen molar-refractivity contribution in [3.05, 3.63) is 16.6 Å². The van der Waals surface area contributed by atoms with Crippen molar-refractivity contribution in [3.63, 3.8) is 0 Å². The zero-order valence-corrected chi connectivity index (χ0v) is 9.51. The first-order chi connectivity index (χ1) is 8.25. The molecule has 0 radical (unpaired) electrons. The van der Waals surface area contributed by atoms with Crippen LogP contribution in [0.25, 0.3) is 11.0 Å². The molecule has 7 heteroatoms. The summed E-state index contributed by atoms with van der Waals surface area (Å²) in [7, 11) is 1.78. The Morgan fingerprint density at radius 2 is 2.18 bits per heavy atom. The number of ether oxygens (including phenoxy) is 1. The fourth-order valence-corrected chi connectivity index (χ4v) is 1.95. The summed E-state index contributed by atoms with van der Waals surface area (Å²) in [6.07, 6.45) is 1.53. The average Bonchev–Trinajstić information content (AvgIpc) is 2.73. The van der Waals surface area contributed by atoms with Gasteiger partial charge in [-0.2, -0.15) is 10.1 Å². The Morgan fingerprint density at radius 1 is 1.41 bits per heavy atom. The van der Waals surface area contributed by atoms with Crippen LogP contribution in [0.1, 0.15) is 0 Å². The predicted octanol–water partition coefficient (Wildman–Crippen LogP) is -0.507. The van der Waals surface area contributed by atoms with E-state index in [1.165, 1.54) is 6.20 Å². The van der Waals surface area contributed by atoms with Crippen LogP contribution in [0, 0.1) is 0 Å². The van der Waals surface area contributed by atoms with Crippen LogP contribution in [-0.2, 0) is 11.8 Å². The lowest BCUT2D eigenvalue weighted by molar-refractivity contribution is 0.122. The maximum atomic E-state index is 11.8. The van der Waals surface area contributed by atoms with Crippen LogP contribution in [0.15, 0.2) is 11.0 Å². The van der Waals surface area contributed by atoms with E-state index in [4.69, 9.17) is 4.74 Å². The number of fused-ring (bicyclic) bond motifs is 1. The van der Waals surface area contributed by atoms with E-state index in [-0.39, 0.29) is 5.56 Å². The van der Waals surface area contributed by atoms with Gasteiger partial charge in [0.2, 0.25) is 5.95 Å². The minimum atomic E-state index is -0.149. The van der Waals surface area contributed by atoms with Crippen LogP contribution in [0.5, 0.6) is 0 Å². The van der Waals surface area contributed by atoms with Crippen LogP contribution < -0.4 is 10.5 Å². The molecule has 0 aromatic carbocycles. The third-order valence-electron chi connectivity index (χ3n) is 2.90. The average molecular weight is 235 g/mol. The molecule has 17 heavy (non-hydrogen) atoms. The van der Waals surface area contributed by atoms with Gasteiger partial charge in [-0.05, 0) is 0 Å². The number of hydrogen-bond acceptors (Lipinski definition) is 5. The number of anilines is 1. The smallest absolute Gasteiger partial charge is 0.263 e. The molecular formula is C10H13N5O2. The highest BCUT2D eigenvalue weighted by Crippen LogP contribution is 2.11. The van der Waals surface area contributed by atoms with Crippen LogP contribution in [0.2, 0.25) is 0 Å². The molecule has 1 saturated heterocycles. The first kappa shape index (κ1) is 10.3. The fourth-order valence-electron chi connectivity index (χ4n) is 1.95. The Labute approximate surface area is 97.0 Å². The Balaban J connectivity index is 2.10. The van der Waals surface area contributed by atoms with Gasteiger partial charge in [0.15, 0.2) is 5.65 Å². The highest BCUT2D eigenvalue weighted by atomic mass is 16.5. The van der Waals surface area contributed by atoms with Gasteiger partial charge in [0.05, 0.1) is 19.4 Å². The summed E-state index contributed by atoms with van der Waals surface area (Å²) in [6, 6.07) is 0. The van der Waals surface area contributed by atoms with E-state index in [1.807, 2.05) is 4.90 Å². The molecule has 3 rings (SSSR count). The number of aryl methyl sites for hydroxylation is 1. The number of hydrogen-bond donors (Lipinski definition) is 1. The lowest BCUT2D eigenvalue weighted by Crippen LogP contribution is -2.38. The molecule has 2 aromatic heterocycles. The van der Waals surface area contributed by atoms with Crippen molar-refractivity contribution >= 4 is 17.0 Å². The quantitative estimate of drug-likeness (QED) is 0.720. The standard InChI is InChI=1S/C10H13N5O2/c1-14-8-7(6-11-14)9(16)13-10(12-8)15-2-4-17-5-3-15/h6H,2-5H2,1H3,(H,12,13,16). The monoisotopic (exact) mass is 235 g/mol. The largest absolute Gasteiger partial charge is 0.378 e. The lowest BCUT2D eigenvalue weighted by atomic mass is 10.4. The van der Waals surface area contributed by atoms with E-state index in [1.54, 1.807) is 11.7 Å². The van der Waals surface area contributed by atoms with Crippen LogP contribution in [-0.4, -0.2) is 46.1 Å². The van der Waals surface area contributed by atoms with Crippen molar-refractivity contribution in [2.75, 3.05) is 31.2 Å².